The highest BCUT2D eigenvalue weighted by Crippen LogP contribution is 2.14. The summed E-state index contributed by atoms with van der Waals surface area (Å²) in [4.78, 5) is 27.1. The number of hydrogen-bond acceptors (Lipinski definition) is 4. The molecule has 1 aliphatic rings. The summed E-state index contributed by atoms with van der Waals surface area (Å²) in [6.45, 7) is 3.15. The van der Waals surface area contributed by atoms with Crippen LogP contribution in [0.2, 0.25) is 5.02 Å². The summed E-state index contributed by atoms with van der Waals surface area (Å²) in [6.07, 6.45) is 1.09. The van der Waals surface area contributed by atoms with Crippen LogP contribution in [0.1, 0.15) is 12.5 Å². The van der Waals surface area contributed by atoms with Gasteiger partial charge in [-0.2, -0.15) is 4.31 Å². The number of piperazine rings is 1. The summed E-state index contributed by atoms with van der Waals surface area (Å²) in [7, 11) is -3.54. The number of carbonyl (C=O) groups is 2. The molecule has 0 spiro atoms. The molecule has 2 rings (SSSR count). The third kappa shape index (κ3) is 5.69. The van der Waals surface area contributed by atoms with Gasteiger partial charge in [-0.25, -0.2) is 8.42 Å². The molecule has 2 amide bonds. The van der Waals surface area contributed by atoms with Crippen LogP contribution in [0, 0.1) is 0 Å². The van der Waals surface area contributed by atoms with Crippen molar-refractivity contribution in [3.63, 3.8) is 0 Å². The van der Waals surface area contributed by atoms with Crippen molar-refractivity contribution in [3.05, 3.63) is 34.9 Å². The van der Waals surface area contributed by atoms with Crippen molar-refractivity contribution < 1.29 is 18.0 Å². The Morgan fingerprint density at radius 1 is 1.08 bits per heavy atom. The summed E-state index contributed by atoms with van der Waals surface area (Å²) in [6, 6.07) is 6.83. The zero-order valence-electron chi connectivity index (χ0n) is 14.3. The second-order valence-corrected chi connectivity index (χ2v) is 8.46. The highest BCUT2D eigenvalue weighted by atomic mass is 35.5. The molecule has 25 heavy (non-hydrogen) atoms. The lowest BCUT2D eigenvalue weighted by atomic mass is 10.2. The Bertz CT molecular complexity index is 728. The monoisotopic (exact) mass is 387 g/mol. The fourth-order valence-corrected chi connectivity index (χ4v) is 3.46. The topological polar surface area (TPSA) is 78.0 Å². The quantitative estimate of drug-likeness (QED) is 0.748. The first-order valence-corrected chi connectivity index (χ1v) is 10.1. The van der Waals surface area contributed by atoms with E-state index in [9.17, 15) is 18.0 Å². The van der Waals surface area contributed by atoms with Gasteiger partial charge >= 0.3 is 0 Å². The lowest BCUT2D eigenvalue weighted by Crippen LogP contribution is -2.52. The Morgan fingerprint density at radius 2 is 1.60 bits per heavy atom. The van der Waals surface area contributed by atoms with Crippen molar-refractivity contribution in [2.45, 2.75) is 13.5 Å². The van der Waals surface area contributed by atoms with E-state index in [2.05, 4.69) is 0 Å². The summed E-state index contributed by atoms with van der Waals surface area (Å²) < 4.78 is 25.2. The minimum absolute atomic E-state index is 0.0207. The smallest absolute Gasteiger partial charge is 0.238 e. The summed E-state index contributed by atoms with van der Waals surface area (Å²) in [5.74, 6) is -0.282. The predicted molar refractivity (Wildman–Crippen MR) is 95.5 cm³/mol. The van der Waals surface area contributed by atoms with Crippen molar-refractivity contribution in [2.24, 2.45) is 0 Å². The van der Waals surface area contributed by atoms with E-state index in [0.29, 0.717) is 31.2 Å². The van der Waals surface area contributed by atoms with Crippen LogP contribution in [0.25, 0.3) is 0 Å². The summed E-state index contributed by atoms with van der Waals surface area (Å²) >= 11 is 5.84. The van der Waals surface area contributed by atoms with Gasteiger partial charge in [0.15, 0.2) is 0 Å². The summed E-state index contributed by atoms with van der Waals surface area (Å²) in [5.41, 5.74) is 0.754. The molecule has 0 bridgehead atoms. The number of sulfonamides is 1. The molecule has 1 fully saturated rings. The highest BCUT2D eigenvalue weighted by Gasteiger charge is 2.26. The van der Waals surface area contributed by atoms with E-state index >= 15 is 0 Å². The molecular weight excluding hydrogens is 366 g/mol. The average Bonchev–Trinajstić information content (AvgIpc) is 2.55. The van der Waals surface area contributed by atoms with Crippen molar-refractivity contribution in [1.29, 1.82) is 0 Å². The molecule has 7 nitrogen and oxygen atoms in total. The maximum atomic E-state index is 12.5. The number of carbonyl (C=O) groups excluding carboxylic acids is 2. The van der Waals surface area contributed by atoms with E-state index in [4.69, 9.17) is 11.6 Å². The molecule has 9 heteroatoms. The molecule has 138 valence electrons. The Morgan fingerprint density at radius 3 is 2.08 bits per heavy atom. The molecular formula is C16H22ClN3O4S. The first kappa shape index (κ1) is 19.7. The van der Waals surface area contributed by atoms with Crippen LogP contribution < -0.4 is 0 Å². The standard InChI is InChI=1S/C16H22ClN3O4S/c1-13(21)18-7-9-19(10-8-18)16(22)12-20(25(2,23)24)11-14-3-5-15(17)6-4-14/h3-6H,7-12H2,1-2H3. The Kier molecular flexibility index (Phi) is 6.42. The van der Waals surface area contributed by atoms with Gasteiger partial charge in [-0.1, -0.05) is 23.7 Å². The molecule has 1 heterocycles. The van der Waals surface area contributed by atoms with Crippen molar-refractivity contribution in [1.82, 2.24) is 14.1 Å². The van der Waals surface area contributed by atoms with Crippen LogP contribution in [0.4, 0.5) is 0 Å². The third-order valence-electron chi connectivity index (χ3n) is 4.13. The molecule has 0 unspecified atom stereocenters. The molecule has 0 N–H and O–H groups in total. The zero-order chi connectivity index (χ0) is 18.6. The van der Waals surface area contributed by atoms with Gasteiger partial charge in [0, 0.05) is 44.7 Å². The van der Waals surface area contributed by atoms with E-state index in [1.165, 1.54) is 6.92 Å². The number of hydrogen-bond donors (Lipinski definition) is 0. The first-order valence-electron chi connectivity index (χ1n) is 7.89. The van der Waals surface area contributed by atoms with Crippen LogP contribution in [-0.4, -0.2) is 73.3 Å². The fraction of sp³-hybridized carbons (Fsp3) is 0.500. The van der Waals surface area contributed by atoms with Gasteiger partial charge in [0.25, 0.3) is 0 Å². The van der Waals surface area contributed by atoms with Gasteiger partial charge in [-0.15, -0.1) is 0 Å². The van der Waals surface area contributed by atoms with Crippen LogP contribution >= 0.6 is 11.6 Å². The largest absolute Gasteiger partial charge is 0.339 e. The minimum Gasteiger partial charge on any atom is -0.339 e. The molecule has 1 aromatic rings. The molecule has 1 aliphatic heterocycles. The Hall–Kier alpha value is -1.64. The number of rotatable bonds is 5. The second-order valence-electron chi connectivity index (χ2n) is 6.04. The normalized spacial score (nSPS) is 15.5. The number of benzene rings is 1. The minimum atomic E-state index is -3.54. The van der Waals surface area contributed by atoms with Crippen molar-refractivity contribution in [2.75, 3.05) is 39.0 Å². The lowest BCUT2D eigenvalue weighted by Gasteiger charge is -2.35. The molecule has 1 aromatic carbocycles. The Balaban J connectivity index is 2.01. The van der Waals surface area contributed by atoms with E-state index in [0.717, 1.165) is 16.1 Å². The van der Waals surface area contributed by atoms with E-state index in [-0.39, 0.29) is 24.9 Å². The summed E-state index contributed by atoms with van der Waals surface area (Å²) in [5, 5.41) is 0.564. The number of halogens is 1. The van der Waals surface area contributed by atoms with Gasteiger partial charge in [0.05, 0.1) is 12.8 Å². The fourth-order valence-electron chi connectivity index (χ4n) is 2.61. The van der Waals surface area contributed by atoms with Crippen molar-refractivity contribution >= 4 is 33.4 Å². The Labute approximate surface area is 153 Å². The molecule has 0 atom stereocenters. The SMILES string of the molecule is CC(=O)N1CCN(C(=O)CN(Cc2ccc(Cl)cc2)S(C)(=O)=O)CC1. The van der Waals surface area contributed by atoms with E-state index < -0.39 is 10.0 Å². The third-order valence-corrected chi connectivity index (χ3v) is 5.58. The molecule has 0 aromatic heterocycles. The zero-order valence-corrected chi connectivity index (χ0v) is 15.9. The number of nitrogens with zero attached hydrogens (tertiary/aromatic N) is 3. The maximum absolute atomic E-state index is 12.5. The van der Waals surface area contributed by atoms with Gasteiger partial charge in [-0.05, 0) is 17.7 Å². The second kappa shape index (κ2) is 8.16. The van der Waals surface area contributed by atoms with Crippen molar-refractivity contribution in [3.8, 4) is 0 Å². The van der Waals surface area contributed by atoms with Crippen LogP contribution in [0.3, 0.4) is 0 Å². The van der Waals surface area contributed by atoms with Gasteiger partial charge in [0.2, 0.25) is 21.8 Å². The molecule has 0 radical (unpaired) electrons. The molecule has 1 saturated heterocycles. The van der Waals surface area contributed by atoms with E-state index in [1.807, 2.05) is 0 Å². The predicted octanol–water partition coefficient (Wildman–Crippen LogP) is 0.792. The van der Waals surface area contributed by atoms with Gasteiger partial charge in [0.1, 0.15) is 0 Å². The highest BCUT2D eigenvalue weighted by molar-refractivity contribution is 7.88. The first-order chi connectivity index (χ1) is 11.7. The van der Waals surface area contributed by atoms with Crippen LogP contribution in [0.5, 0.6) is 0 Å². The lowest BCUT2D eigenvalue weighted by molar-refractivity contribution is -0.138. The number of amides is 2. The maximum Gasteiger partial charge on any atom is 0.238 e. The molecule has 0 aliphatic carbocycles. The molecule has 0 saturated carbocycles. The van der Waals surface area contributed by atoms with Crippen LogP contribution in [-0.2, 0) is 26.2 Å². The average molecular weight is 388 g/mol. The van der Waals surface area contributed by atoms with E-state index in [1.54, 1.807) is 34.1 Å². The van der Waals surface area contributed by atoms with Gasteiger partial charge in [-0.3, -0.25) is 9.59 Å². The van der Waals surface area contributed by atoms with Crippen LogP contribution in [0.15, 0.2) is 24.3 Å². The van der Waals surface area contributed by atoms with Gasteiger partial charge < -0.3 is 9.80 Å².